The number of hydrogen-bond acceptors (Lipinski definition) is 3. The lowest BCUT2D eigenvalue weighted by atomic mass is 10.8. The van der Waals surface area contributed by atoms with Crippen LogP contribution >= 0.6 is 25.3 Å². The van der Waals surface area contributed by atoms with E-state index in [1.165, 1.54) is 0 Å². The van der Waals surface area contributed by atoms with Crippen LogP contribution in [0.3, 0.4) is 0 Å². The van der Waals surface area contributed by atoms with Crippen LogP contribution in [0, 0.1) is 0 Å². The van der Waals surface area contributed by atoms with Crippen LogP contribution in [0.2, 0.25) is 0 Å². The summed E-state index contributed by atoms with van der Waals surface area (Å²) in [6, 6.07) is 0. The molecule has 0 rings (SSSR count). The van der Waals surface area contributed by atoms with Gasteiger partial charge in [-0.25, -0.2) is 0 Å². The van der Waals surface area contributed by atoms with Gasteiger partial charge in [-0.1, -0.05) is 0 Å². The SMILES string of the molecule is SCCOCCS. The van der Waals surface area contributed by atoms with Crippen LogP contribution in [-0.2, 0) is 4.74 Å². The van der Waals surface area contributed by atoms with Gasteiger partial charge in [0.1, 0.15) is 0 Å². The Bertz CT molecular complexity index is 28.9. The second-order valence-corrected chi connectivity index (χ2v) is 1.95. The van der Waals surface area contributed by atoms with Crippen molar-refractivity contribution >= 4 is 25.3 Å². The molecule has 0 atom stereocenters. The first-order chi connectivity index (χ1) is 3.41. The monoisotopic (exact) mass is 138 g/mol. The highest BCUT2D eigenvalue weighted by atomic mass is 32.1. The summed E-state index contributed by atoms with van der Waals surface area (Å²) in [5, 5.41) is 0. The quantitative estimate of drug-likeness (QED) is 0.433. The normalized spacial score (nSPS) is 9.43. The van der Waals surface area contributed by atoms with E-state index in [9.17, 15) is 0 Å². The van der Waals surface area contributed by atoms with E-state index in [0.717, 1.165) is 24.7 Å². The molecule has 0 aliphatic rings. The molecule has 0 saturated heterocycles. The van der Waals surface area contributed by atoms with Crippen molar-refractivity contribution in [3.63, 3.8) is 0 Å². The van der Waals surface area contributed by atoms with Gasteiger partial charge in [-0.15, -0.1) is 0 Å². The molecule has 44 valence electrons. The number of thiol groups is 2. The third kappa shape index (κ3) is 6.66. The molecule has 1 nitrogen and oxygen atoms in total. The van der Waals surface area contributed by atoms with Crippen molar-refractivity contribution in [2.75, 3.05) is 24.7 Å². The molecule has 0 saturated carbocycles. The van der Waals surface area contributed by atoms with Crippen molar-refractivity contribution in [3.05, 3.63) is 0 Å². The van der Waals surface area contributed by atoms with Crippen molar-refractivity contribution < 1.29 is 4.74 Å². The maximum atomic E-state index is 4.98. The second-order valence-electron chi connectivity index (χ2n) is 1.06. The first-order valence-electron chi connectivity index (χ1n) is 2.21. The average Bonchev–Trinajstić information content (AvgIpc) is 1.69. The first-order valence-corrected chi connectivity index (χ1v) is 3.47. The van der Waals surface area contributed by atoms with Crippen LogP contribution in [0.25, 0.3) is 0 Å². The van der Waals surface area contributed by atoms with Crippen LogP contribution in [0.4, 0.5) is 0 Å². The lowest BCUT2D eigenvalue weighted by Gasteiger charge is -1.94. The van der Waals surface area contributed by atoms with E-state index in [1.54, 1.807) is 0 Å². The topological polar surface area (TPSA) is 9.23 Å². The highest BCUT2D eigenvalue weighted by Crippen LogP contribution is 1.79. The van der Waals surface area contributed by atoms with Gasteiger partial charge in [-0.3, -0.25) is 0 Å². The van der Waals surface area contributed by atoms with Crippen LogP contribution in [0.1, 0.15) is 0 Å². The summed E-state index contributed by atoms with van der Waals surface area (Å²) in [5.74, 6) is 1.60. The Balaban J connectivity index is 2.45. The summed E-state index contributed by atoms with van der Waals surface area (Å²) >= 11 is 7.89. The predicted molar refractivity (Wildman–Crippen MR) is 38.5 cm³/mol. The first kappa shape index (κ1) is 7.66. The van der Waals surface area contributed by atoms with Gasteiger partial charge in [0.25, 0.3) is 0 Å². The molecule has 0 unspecified atom stereocenters. The van der Waals surface area contributed by atoms with Gasteiger partial charge in [0, 0.05) is 11.5 Å². The Labute approximate surface area is 55.3 Å². The predicted octanol–water partition coefficient (Wildman–Crippen LogP) is 0.863. The summed E-state index contributed by atoms with van der Waals surface area (Å²) in [7, 11) is 0. The molecule has 0 radical (unpaired) electrons. The van der Waals surface area contributed by atoms with E-state index >= 15 is 0 Å². The minimum atomic E-state index is 0.740. The maximum absolute atomic E-state index is 4.98. The molecule has 0 aromatic carbocycles. The molecule has 0 bridgehead atoms. The van der Waals surface area contributed by atoms with E-state index in [-0.39, 0.29) is 0 Å². The second kappa shape index (κ2) is 6.66. The lowest BCUT2D eigenvalue weighted by molar-refractivity contribution is 0.167. The molecule has 0 heterocycles. The fourth-order valence-electron chi connectivity index (χ4n) is 0.231. The lowest BCUT2D eigenvalue weighted by Crippen LogP contribution is -1.97. The average molecular weight is 138 g/mol. The summed E-state index contributed by atoms with van der Waals surface area (Å²) < 4.78 is 4.98. The molecule has 0 aliphatic carbocycles. The van der Waals surface area contributed by atoms with Gasteiger partial charge in [0.15, 0.2) is 0 Å². The van der Waals surface area contributed by atoms with Crippen LogP contribution in [0.5, 0.6) is 0 Å². The largest absolute Gasteiger partial charge is 0.380 e. The zero-order valence-electron chi connectivity index (χ0n) is 4.13. The van der Waals surface area contributed by atoms with Gasteiger partial charge in [-0.05, 0) is 0 Å². The summed E-state index contributed by atoms with van der Waals surface area (Å²) in [5.41, 5.74) is 0. The van der Waals surface area contributed by atoms with Crippen LogP contribution in [0.15, 0.2) is 0 Å². The third-order valence-electron chi connectivity index (χ3n) is 0.471. The summed E-state index contributed by atoms with van der Waals surface area (Å²) in [4.78, 5) is 0. The van der Waals surface area contributed by atoms with Crippen LogP contribution < -0.4 is 0 Å². The van der Waals surface area contributed by atoms with Crippen molar-refractivity contribution in [1.29, 1.82) is 0 Å². The standard InChI is InChI=1S/C4H10OS2/c6-3-1-5-2-4-7/h6-7H,1-4H2. The van der Waals surface area contributed by atoms with E-state index in [2.05, 4.69) is 25.3 Å². The fourth-order valence-corrected chi connectivity index (χ4v) is 0.489. The smallest absolute Gasteiger partial charge is 0.0554 e. The number of hydrogen-bond donors (Lipinski definition) is 2. The zero-order valence-corrected chi connectivity index (χ0v) is 5.92. The van der Waals surface area contributed by atoms with Gasteiger partial charge < -0.3 is 4.74 Å². The Morgan fingerprint density at radius 1 is 1.00 bits per heavy atom. The summed E-state index contributed by atoms with van der Waals surface area (Å²) in [6.45, 7) is 1.48. The Morgan fingerprint density at radius 2 is 1.43 bits per heavy atom. The molecule has 0 spiro atoms. The Hall–Kier alpha value is 0.660. The maximum Gasteiger partial charge on any atom is 0.0554 e. The van der Waals surface area contributed by atoms with Crippen molar-refractivity contribution in [2.24, 2.45) is 0 Å². The van der Waals surface area contributed by atoms with Gasteiger partial charge in [0.2, 0.25) is 0 Å². The van der Waals surface area contributed by atoms with E-state index in [1.807, 2.05) is 0 Å². The molecule has 0 fully saturated rings. The van der Waals surface area contributed by atoms with Gasteiger partial charge in [-0.2, -0.15) is 25.3 Å². The zero-order chi connectivity index (χ0) is 5.54. The fraction of sp³-hybridized carbons (Fsp3) is 1.00. The van der Waals surface area contributed by atoms with Crippen LogP contribution in [-0.4, -0.2) is 24.7 Å². The minimum Gasteiger partial charge on any atom is -0.380 e. The molecule has 3 heteroatoms. The van der Waals surface area contributed by atoms with Crippen molar-refractivity contribution in [1.82, 2.24) is 0 Å². The Morgan fingerprint density at radius 3 is 1.71 bits per heavy atom. The van der Waals surface area contributed by atoms with Crippen molar-refractivity contribution in [2.45, 2.75) is 0 Å². The molecule has 0 aromatic heterocycles. The Kier molecular flexibility index (Phi) is 7.29. The van der Waals surface area contributed by atoms with E-state index in [4.69, 9.17) is 4.74 Å². The number of ether oxygens (including phenoxy) is 1. The molecule has 7 heavy (non-hydrogen) atoms. The molecule has 0 N–H and O–H groups in total. The molecular formula is C4H10OS2. The third-order valence-corrected chi connectivity index (χ3v) is 0.836. The molecular weight excluding hydrogens is 128 g/mol. The van der Waals surface area contributed by atoms with Gasteiger partial charge >= 0.3 is 0 Å². The molecule has 0 aliphatic heterocycles. The van der Waals surface area contributed by atoms with Crippen molar-refractivity contribution in [3.8, 4) is 0 Å². The summed E-state index contributed by atoms with van der Waals surface area (Å²) in [6.07, 6.45) is 0. The molecule has 0 amide bonds. The van der Waals surface area contributed by atoms with E-state index in [0.29, 0.717) is 0 Å². The highest BCUT2D eigenvalue weighted by Gasteiger charge is 1.78. The highest BCUT2D eigenvalue weighted by molar-refractivity contribution is 7.80. The molecule has 0 aromatic rings. The van der Waals surface area contributed by atoms with E-state index < -0.39 is 0 Å². The van der Waals surface area contributed by atoms with Gasteiger partial charge in [0.05, 0.1) is 13.2 Å². The number of rotatable bonds is 4. The minimum absolute atomic E-state index is 0.740.